The van der Waals surface area contributed by atoms with Crippen LogP contribution in [-0.2, 0) is 6.42 Å². The number of fused-ring (bicyclic) bond motifs is 1. The fourth-order valence-electron chi connectivity index (χ4n) is 2.81. The molecular weight excluding hydrogens is 290 g/mol. The maximum atomic E-state index is 12.3. The van der Waals surface area contributed by atoms with Crippen LogP contribution >= 0.6 is 0 Å². The van der Waals surface area contributed by atoms with Crippen LogP contribution in [0.25, 0.3) is 0 Å². The number of hydrogen-bond acceptors (Lipinski definition) is 3. The number of amides is 2. The molecule has 23 heavy (non-hydrogen) atoms. The fourth-order valence-corrected chi connectivity index (χ4v) is 2.81. The molecule has 2 aromatic rings. The van der Waals surface area contributed by atoms with Crippen LogP contribution in [0.15, 0.2) is 42.5 Å². The van der Waals surface area contributed by atoms with Gasteiger partial charge in [-0.1, -0.05) is 25.1 Å². The van der Waals surface area contributed by atoms with Gasteiger partial charge in [0.25, 0.3) is 11.8 Å². The van der Waals surface area contributed by atoms with Gasteiger partial charge in [-0.05, 0) is 48.7 Å². The van der Waals surface area contributed by atoms with Gasteiger partial charge in [-0.2, -0.15) is 0 Å². The molecule has 0 bridgehead atoms. The van der Waals surface area contributed by atoms with E-state index in [1.165, 1.54) is 10.5 Å². The van der Waals surface area contributed by atoms with Crippen molar-refractivity contribution < 1.29 is 14.3 Å². The van der Waals surface area contributed by atoms with Crippen molar-refractivity contribution in [2.75, 3.05) is 13.2 Å². The first-order valence-electron chi connectivity index (χ1n) is 7.78. The van der Waals surface area contributed by atoms with Gasteiger partial charge in [0.1, 0.15) is 12.4 Å². The first-order chi connectivity index (χ1) is 11.1. The summed E-state index contributed by atoms with van der Waals surface area (Å²) in [6.07, 6.45) is 0.941. The summed E-state index contributed by atoms with van der Waals surface area (Å²) in [5.41, 5.74) is 3.29. The molecule has 3 rings (SSSR count). The second-order valence-electron chi connectivity index (χ2n) is 5.66. The van der Waals surface area contributed by atoms with E-state index in [9.17, 15) is 9.59 Å². The molecule has 118 valence electrons. The molecule has 0 saturated carbocycles. The summed E-state index contributed by atoms with van der Waals surface area (Å²) in [5.74, 6) is 0.291. The lowest BCUT2D eigenvalue weighted by Gasteiger charge is -2.15. The third-order valence-corrected chi connectivity index (χ3v) is 3.98. The maximum absolute atomic E-state index is 12.3. The number of hydrogen-bond donors (Lipinski definition) is 0. The molecule has 0 aromatic heterocycles. The van der Waals surface area contributed by atoms with Gasteiger partial charge in [0.2, 0.25) is 0 Å². The zero-order valence-corrected chi connectivity index (χ0v) is 13.3. The highest BCUT2D eigenvalue weighted by Gasteiger charge is 2.34. The van der Waals surface area contributed by atoms with Crippen LogP contribution in [0.1, 0.15) is 38.8 Å². The number of aryl methyl sites for hydroxylation is 2. The molecule has 2 amide bonds. The van der Waals surface area contributed by atoms with E-state index < -0.39 is 0 Å². The van der Waals surface area contributed by atoms with E-state index in [2.05, 4.69) is 13.0 Å². The van der Waals surface area contributed by atoms with Gasteiger partial charge >= 0.3 is 0 Å². The van der Waals surface area contributed by atoms with E-state index in [0.29, 0.717) is 11.1 Å². The van der Waals surface area contributed by atoms with E-state index in [4.69, 9.17) is 4.74 Å². The molecule has 0 spiro atoms. The monoisotopic (exact) mass is 309 g/mol. The second-order valence-corrected chi connectivity index (χ2v) is 5.66. The zero-order valence-electron chi connectivity index (χ0n) is 13.3. The Morgan fingerprint density at radius 1 is 1.00 bits per heavy atom. The highest BCUT2D eigenvalue weighted by molar-refractivity contribution is 6.21. The van der Waals surface area contributed by atoms with Gasteiger partial charge in [0, 0.05) is 0 Å². The van der Waals surface area contributed by atoms with Crippen LogP contribution in [0.3, 0.4) is 0 Å². The largest absolute Gasteiger partial charge is 0.492 e. The van der Waals surface area contributed by atoms with E-state index in [-0.39, 0.29) is 25.0 Å². The van der Waals surface area contributed by atoms with Gasteiger partial charge in [0.05, 0.1) is 17.7 Å². The number of ether oxygens (including phenoxy) is 1. The quantitative estimate of drug-likeness (QED) is 0.797. The molecule has 0 fully saturated rings. The molecule has 0 N–H and O–H groups in total. The number of nitrogens with zero attached hydrogens (tertiary/aromatic N) is 1. The normalized spacial score (nSPS) is 13.4. The molecule has 0 unspecified atom stereocenters. The van der Waals surface area contributed by atoms with Gasteiger partial charge in [-0.25, -0.2) is 0 Å². The first kappa shape index (κ1) is 15.3. The number of carbonyl (C=O) groups is 2. The predicted octanol–water partition coefficient (Wildman–Crippen LogP) is 3.23. The van der Waals surface area contributed by atoms with Crippen molar-refractivity contribution in [1.29, 1.82) is 0 Å². The Bertz CT molecular complexity index is 732. The smallest absolute Gasteiger partial charge is 0.261 e. The van der Waals surface area contributed by atoms with Crippen LogP contribution in [0.5, 0.6) is 5.75 Å². The maximum Gasteiger partial charge on any atom is 0.261 e. The third-order valence-electron chi connectivity index (χ3n) is 3.98. The SMILES string of the molecule is CCc1cc(C)cc(OCCN2C(=O)c3ccccc3C2=O)c1. The number of benzene rings is 2. The van der Waals surface area contributed by atoms with E-state index in [0.717, 1.165) is 17.7 Å². The summed E-state index contributed by atoms with van der Waals surface area (Å²) >= 11 is 0. The van der Waals surface area contributed by atoms with Crippen LogP contribution in [-0.4, -0.2) is 29.9 Å². The summed E-state index contributed by atoms with van der Waals surface area (Å²) in [6, 6.07) is 13.0. The van der Waals surface area contributed by atoms with Crippen molar-refractivity contribution in [2.45, 2.75) is 20.3 Å². The van der Waals surface area contributed by atoms with Gasteiger partial charge in [0.15, 0.2) is 0 Å². The number of carbonyl (C=O) groups excluding carboxylic acids is 2. The topological polar surface area (TPSA) is 46.6 Å². The summed E-state index contributed by atoms with van der Waals surface area (Å²) in [5, 5.41) is 0. The first-order valence-corrected chi connectivity index (χ1v) is 7.78. The average molecular weight is 309 g/mol. The summed E-state index contributed by atoms with van der Waals surface area (Å²) in [6.45, 7) is 4.66. The predicted molar refractivity (Wildman–Crippen MR) is 87.9 cm³/mol. The molecule has 1 aliphatic rings. The lowest BCUT2D eigenvalue weighted by Crippen LogP contribution is -2.33. The molecule has 1 aliphatic heterocycles. The highest BCUT2D eigenvalue weighted by atomic mass is 16.5. The minimum atomic E-state index is -0.243. The Hall–Kier alpha value is -2.62. The summed E-state index contributed by atoms with van der Waals surface area (Å²) in [4.78, 5) is 25.8. The summed E-state index contributed by atoms with van der Waals surface area (Å²) < 4.78 is 5.74. The lowest BCUT2D eigenvalue weighted by atomic mass is 10.1. The van der Waals surface area contributed by atoms with E-state index in [1.54, 1.807) is 24.3 Å². The van der Waals surface area contributed by atoms with Crippen LogP contribution in [0.4, 0.5) is 0 Å². The number of imide groups is 1. The second kappa shape index (κ2) is 6.24. The van der Waals surface area contributed by atoms with Crippen molar-refractivity contribution in [1.82, 2.24) is 4.90 Å². The Kier molecular flexibility index (Phi) is 4.15. The Balaban J connectivity index is 1.65. The molecule has 2 aromatic carbocycles. The fraction of sp³-hybridized carbons (Fsp3) is 0.263. The van der Waals surface area contributed by atoms with Gasteiger partial charge in [-0.3, -0.25) is 14.5 Å². The third kappa shape index (κ3) is 2.97. The Morgan fingerprint density at radius 2 is 1.65 bits per heavy atom. The molecule has 4 nitrogen and oxygen atoms in total. The molecular formula is C19H19NO3. The molecule has 0 atom stereocenters. The van der Waals surface area contributed by atoms with Crippen molar-refractivity contribution in [3.05, 3.63) is 64.7 Å². The minimum absolute atomic E-state index is 0.243. The molecule has 4 heteroatoms. The van der Waals surface area contributed by atoms with Crippen LogP contribution in [0.2, 0.25) is 0 Å². The lowest BCUT2D eigenvalue weighted by molar-refractivity contribution is 0.0631. The molecule has 1 heterocycles. The van der Waals surface area contributed by atoms with Crippen molar-refractivity contribution in [2.24, 2.45) is 0 Å². The molecule has 0 saturated heterocycles. The summed E-state index contributed by atoms with van der Waals surface area (Å²) in [7, 11) is 0. The molecule has 0 radical (unpaired) electrons. The Labute approximate surface area is 135 Å². The molecule has 0 aliphatic carbocycles. The van der Waals surface area contributed by atoms with Crippen LogP contribution < -0.4 is 4.74 Å². The Morgan fingerprint density at radius 3 is 2.26 bits per heavy atom. The van der Waals surface area contributed by atoms with Crippen molar-refractivity contribution in [3.8, 4) is 5.75 Å². The van der Waals surface area contributed by atoms with E-state index in [1.807, 2.05) is 19.1 Å². The van der Waals surface area contributed by atoms with E-state index >= 15 is 0 Å². The highest BCUT2D eigenvalue weighted by Crippen LogP contribution is 2.22. The number of rotatable bonds is 5. The standard InChI is InChI=1S/C19H19NO3/c1-3-14-10-13(2)11-15(12-14)23-9-8-20-18(21)16-6-4-5-7-17(16)19(20)22/h4-7,10-12H,3,8-9H2,1-2H3. The van der Waals surface area contributed by atoms with Gasteiger partial charge in [-0.15, -0.1) is 0 Å². The van der Waals surface area contributed by atoms with Crippen molar-refractivity contribution >= 4 is 11.8 Å². The van der Waals surface area contributed by atoms with Crippen LogP contribution in [0, 0.1) is 6.92 Å². The minimum Gasteiger partial charge on any atom is -0.492 e. The average Bonchev–Trinajstić information content (AvgIpc) is 2.79. The van der Waals surface area contributed by atoms with Crippen molar-refractivity contribution in [3.63, 3.8) is 0 Å². The van der Waals surface area contributed by atoms with Gasteiger partial charge < -0.3 is 4.74 Å². The zero-order chi connectivity index (χ0) is 16.4.